The maximum atomic E-state index is 11.9. The number of benzene rings is 1. The van der Waals surface area contributed by atoms with Gasteiger partial charge in [0.15, 0.2) is 0 Å². The van der Waals surface area contributed by atoms with E-state index < -0.39 is 0 Å². The minimum absolute atomic E-state index is 0.0569. The first-order valence-corrected chi connectivity index (χ1v) is 5.85. The summed E-state index contributed by atoms with van der Waals surface area (Å²) < 4.78 is 1.78. The molecule has 2 aromatic rings. The summed E-state index contributed by atoms with van der Waals surface area (Å²) in [4.78, 5) is 14.7. The van der Waals surface area contributed by atoms with Crippen LogP contribution in [0.3, 0.4) is 0 Å². The molecule has 0 atom stereocenters. The number of rotatable bonds is 3. The molecule has 0 aliphatic rings. The zero-order valence-corrected chi connectivity index (χ0v) is 10.6. The number of hydrogen-bond acceptors (Lipinski definition) is 2. The maximum Gasteiger partial charge on any atom is 0.326 e. The second kappa shape index (κ2) is 4.04. The van der Waals surface area contributed by atoms with E-state index in [0.29, 0.717) is 6.54 Å². The summed E-state index contributed by atoms with van der Waals surface area (Å²) in [6.07, 6.45) is 0.772. The van der Waals surface area contributed by atoms with Gasteiger partial charge in [-0.25, -0.2) is 4.79 Å². The molecule has 3 N–H and O–H groups in total. The van der Waals surface area contributed by atoms with Crippen LogP contribution in [0.4, 0.5) is 0 Å². The summed E-state index contributed by atoms with van der Waals surface area (Å²) in [5, 5.41) is 0. The van der Waals surface area contributed by atoms with E-state index in [4.69, 9.17) is 5.73 Å². The van der Waals surface area contributed by atoms with E-state index in [1.807, 2.05) is 39.0 Å². The van der Waals surface area contributed by atoms with Gasteiger partial charge in [0, 0.05) is 12.1 Å². The molecule has 0 saturated heterocycles. The molecule has 0 spiro atoms. The van der Waals surface area contributed by atoms with Crippen molar-refractivity contribution in [2.75, 3.05) is 0 Å². The van der Waals surface area contributed by atoms with Gasteiger partial charge < -0.3 is 10.7 Å². The van der Waals surface area contributed by atoms with Gasteiger partial charge in [0.25, 0.3) is 0 Å². The number of H-pyrrole nitrogens is 1. The van der Waals surface area contributed by atoms with Crippen LogP contribution in [-0.2, 0) is 6.54 Å². The Morgan fingerprint density at radius 3 is 2.76 bits per heavy atom. The highest BCUT2D eigenvalue weighted by Crippen LogP contribution is 2.16. The third-order valence-corrected chi connectivity index (χ3v) is 2.97. The number of nitrogens with zero attached hydrogens (tertiary/aromatic N) is 1. The highest BCUT2D eigenvalue weighted by molar-refractivity contribution is 5.78. The number of imidazole rings is 1. The van der Waals surface area contributed by atoms with Crippen LogP contribution < -0.4 is 11.4 Å². The normalized spacial score (nSPS) is 12.2. The summed E-state index contributed by atoms with van der Waals surface area (Å²) in [7, 11) is 0. The first kappa shape index (κ1) is 11.9. The first-order chi connectivity index (χ1) is 7.88. The van der Waals surface area contributed by atoms with Crippen LogP contribution in [0.5, 0.6) is 0 Å². The maximum absolute atomic E-state index is 11.9. The second-order valence-corrected chi connectivity index (χ2v) is 5.29. The van der Waals surface area contributed by atoms with Gasteiger partial charge in [-0.3, -0.25) is 4.57 Å². The Hall–Kier alpha value is -1.55. The van der Waals surface area contributed by atoms with Crippen molar-refractivity contribution in [2.24, 2.45) is 5.73 Å². The highest BCUT2D eigenvalue weighted by Gasteiger charge is 2.14. The topological polar surface area (TPSA) is 63.8 Å². The fourth-order valence-electron chi connectivity index (χ4n) is 2.02. The summed E-state index contributed by atoms with van der Waals surface area (Å²) in [6, 6.07) is 5.89. The zero-order valence-electron chi connectivity index (χ0n) is 10.6. The average Bonchev–Trinajstić information content (AvgIpc) is 2.51. The molecule has 4 nitrogen and oxygen atoms in total. The van der Waals surface area contributed by atoms with Gasteiger partial charge in [0.05, 0.1) is 11.0 Å². The Labute approximate surface area is 100 Å². The number of para-hydroxylation sites is 1. The van der Waals surface area contributed by atoms with Gasteiger partial charge in [0.2, 0.25) is 0 Å². The molecule has 4 heteroatoms. The fourth-order valence-corrected chi connectivity index (χ4v) is 2.02. The number of fused-ring (bicyclic) bond motifs is 1. The van der Waals surface area contributed by atoms with Crippen LogP contribution in [0.1, 0.15) is 25.8 Å². The Morgan fingerprint density at radius 1 is 1.41 bits per heavy atom. The van der Waals surface area contributed by atoms with Crippen LogP contribution in [0, 0.1) is 6.92 Å². The van der Waals surface area contributed by atoms with Gasteiger partial charge in [-0.2, -0.15) is 0 Å². The van der Waals surface area contributed by atoms with E-state index in [1.54, 1.807) is 4.57 Å². The molecule has 0 radical (unpaired) electrons. The Bertz CT molecular complexity index is 587. The number of aryl methyl sites for hydroxylation is 2. The van der Waals surface area contributed by atoms with Crippen molar-refractivity contribution in [3.63, 3.8) is 0 Å². The molecule has 0 aliphatic heterocycles. The minimum Gasteiger partial charge on any atom is -0.325 e. The van der Waals surface area contributed by atoms with Crippen LogP contribution in [0.25, 0.3) is 11.0 Å². The molecule has 0 fully saturated rings. The fraction of sp³-hybridized carbons (Fsp3) is 0.462. The molecule has 2 rings (SSSR count). The van der Waals surface area contributed by atoms with Gasteiger partial charge in [-0.1, -0.05) is 12.1 Å². The number of hydrogen-bond donors (Lipinski definition) is 2. The Kier molecular flexibility index (Phi) is 2.83. The zero-order chi connectivity index (χ0) is 12.6. The van der Waals surface area contributed by atoms with E-state index in [-0.39, 0.29) is 11.2 Å². The van der Waals surface area contributed by atoms with E-state index in [9.17, 15) is 4.79 Å². The molecule has 17 heavy (non-hydrogen) atoms. The molecule has 92 valence electrons. The molecule has 0 amide bonds. The van der Waals surface area contributed by atoms with E-state index in [0.717, 1.165) is 23.0 Å². The first-order valence-electron chi connectivity index (χ1n) is 5.85. The van der Waals surface area contributed by atoms with Gasteiger partial charge >= 0.3 is 5.69 Å². The lowest BCUT2D eigenvalue weighted by molar-refractivity contribution is 0.436. The standard InChI is InChI=1S/C13H19N3O/c1-9-5-4-6-10-11(9)16(12(17)15-10)8-7-13(2,3)14/h4-6H,7-8,14H2,1-3H3,(H,15,17). The predicted octanol–water partition coefficient (Wildman–Crippen LogP) is 1.77. The van der Waals surface area contributed by atoms with Crippen molar-refractivity contribution in [1.82, 2.24) is 9.55 Å². The molecule has 0 aliphatic carbocycles. The highest BCUT2D eigenvalue weighted by atomic mass is 16.1. The van der Waals surface area contributed by atoms with Crippen LogP contribution in [0.15, 0.2) is 23.0 Å². The van der Waals surface area contributed by atoms with E-state index >= 15 is 0 Å². The lowest BCUT2D eigenvalue weighted by atomic mass is 10.0. The molecule has 0 bridgehead atoms. The lowest BCUT2D eigenvalue weighted by Crippen LogP contribution is -2.34. The van der Waals surface area contributed by atoms with Crippen LogP contribution >= 0.6 is 0 Å². The van der Waals surface area contributed by atoms with Crippen molar-refractivity contribution in [1.29, 1.82) is 0 Å². The third kappa shape index (κ3) is 2.42. The summed E-state index contributed by atoms with van der Waals surface area (Å²) in [6.45, 7) is 6.60. The number of aromatic nitrogens is 2. The number of nitrogens with two attached hydrogens (primary N) is 1. The second-order valence-electron chi connectivity index (χ2n) is 5.29. The molecular weight excluding hydrogens is 214 g/mol. The van der Waals surface area contributed by atoms with Gasteiger partial charge in [-0.15, -0.1) is 0 Å². The number of nitrogens with one attached hydrogen (secondary N) is 1. The third-order valence-electron chi connectivity index (χ3n) is 2.97. The predicted molar refractivity (Wildman–Crippen MR) is 70.2 cm³/mol. The lowest BCUT2D eigenvalue weighted by Gasteiger charge is -2.18. The van der Waals surface area contributed by atoms with Crippen molar-refractivity contribution < 1.29 is 0 Å². The molecule has 0 saturated carbocycles. The van der Waals surface area contributed by atoms with Crippen molar-refractivity contribution in [2.45, 2.75) is 39.3 Å². The largest absolute Gasteiger partial charge is 0.326 e. The number of aromatic amines is 1. The van der Waals surface area contributed by atoms with Crippen LogP contribution in [0.2, 0.25) is 0 Å². The quantitative estimate of drug-likeness (QED) is 0.848. The van der Waals surface area contributed by atoms with Crippen molar-refractivity contribution in [3.8, 4) is 0 Å². The monoisotopic (exact) mass is 233 g/mol. The molecule has 1 heterocycles. The van der Waals surface area contributed by atoms with Crippen molar-refractivity contribution >= 4 is 11.0 Å². The summed E-state index contributed by atoms with van der Waals surface area (Å²) >= 11 is 0. The van der Waals surface area contributed by atoms with E-state index in [1.165, 1.54) is 0 Å². The average molecular weight is 233 g/mol. The van der Waals surface area contributed by atoms with Crippen molar-refractivity contribution in [3.05, 3.63) is 34.2 Å². The molecule has 1 aromatic heterocycles. The smallest absolute Gasteiger partial charge is 0.325 e. The molecular formula is C13H19N3O. The SMILES string of the molecule is Cc1cccc2[nH]c(=O)n(CCC(C)(C)N)c12. The van der Waals surface area contributed by atoms with Gasteiger partial charge in [0.1, 0.15) is 0 Å². The minimum atomic E-state index is -0.258. The Balaban J connectivity index is 2.46. The summed E-state index contributed by atoms with van der Waals surface area (Å²) in [5.41, 5.74) is 8.63. The van der Waals surface area contributed by atoms with Gasteiger partial charge in [-0.05, 0) is 38.8 Å². The van der Waals surface area contributed by atoms with E-state index in [2.05, 4.69) is 4.98 Å². The molecule has 1 aromatic carbocycles. The van der Waals surface area contributed by atoms with Crippen LogP contribution in [-0.4, -0.2) is 15.1 Å². The summed E-state index contributed by atoms with van der Waals surface area (Å²) in [5.74, 6) is 0. The molecule has 0 unspecified atom stereocenters. The Morgan fingerprint density at radius 2 is 2.12 bits per heavy atom.